The van der Waals surface area contributed by atoms with Crippen LogP contribution < -0.4 is 0 Å². The molecule has 0 fully saturated rings. The first-order chi connectivity index (χ1) is 34.2. The van der Waals surface area contributed by atoms with Crippen LogP contribution in [0.1, 0.15) is 0 Å². The van der Waals surface area contributed by atoms with Crippen molar-refractivity contribution in [2.24, 2.45) is 0 Å². The molecule has 0 aliphatic carbocycles. The minimum Gasteiger partial charge on any atom is -0.309 e. The van der Waals surface area contributed by atoms with E-state index in [4.69, 9.17) is 15.0 Å². The molecule has 69 heavy (non-hydrogen) atoms. The Labute approximate surface area is 397 Å². The van der Waals surface area contributed by atoms with E-state index in [1.54, 1.807) is 0 Å². The van der Waals surface area contributed by atoms with E-state index in [1.165, 1.54) is 21.9 Å². The van der Waals surface area contributed by atoms with Crippen LogP contribution in [0.4, 0.5) is 0 Å². The quantitative estimate of drug-likeness (QED) is 0.160. The summed E-state index contributed by atoms with van der Waals surface area (Å²) in [5, 5.41) is 6.93. The Morgan fingerprint density at radius 1 is 0.261 bits per heavy atom. The van der Waals surface area contributed by atoms with E-state index in [-0.39, 0.29) is 0 Å². The molecule has 0 amide bonds. The highest BCUT2D eigenvalue weighted by Crippen LogP contribution is 2.46. The lowest BCUT2D eigenvalue weighted by Crippen LogP contribution is -2.07. The number of fused-ring (bicyclic) bond motifs is 10. The summed E-state index contributed by atoms with van der Waals surface area (Å²) in [5.74, 6) is 1.73. The Kier molecular flexibility index (Phi) is 8.79. The average Bonchev–Trinajstić information content (AvgIpc) is 4.08. The lowest BCUT2D eigenvalue weighted by molar-refractivity contribution is 0.953. The van der Waals surface area contributed by atoms with Gasteiger partial charge >= 0.3 is 0 Å². The molecule has 0 radical (unpaired) electrons. The molecular formula is C63H40N6. The van der Waals surface area contributed by atoms with Crippen molar-refractivity contribution < 1.29 is 0 Å². The number of hydrogen-bond donors (Lipinski definition) is 0. The van der Waals surface area contributed by atoms with Gasteiger partial charge in [-0.1, -0.05) is 194 Å². The fraction of sp³-hybridized carbons (Fsp3) is 0. The van der Waals surface area contributed by atoms with Crippen molar-refractivity contribution in [2.45, 2.75) is 0 Å². The molecule has 0 bridgehead atoms. The van der Waals surface area contributed by atoms with E-state index >= 15 is 0 Å². The molecule has 0 aliphatic rings. The molecule has 10 aromatic carbocycles. The van der Waals surface area contributed by atoms with Crippen LogP contribution in [-0.4, -0.2) is 28.7 Å². The van der Waals surface area contributed by atoms with Gasteiger partial charge in [-0.25, -0.2) is 4.98 Å². The third-order valence-electron chi connectivity index (χ3n) is 13.7. The number of benzene rings is 10. The molecule has 322 valence electrons. The van der Waals surface area contributed by atoms with E-state index in [0.717, 1.165) is 88.3 Å². The Morgan fingerprint density at radius 3 is 1.32 bits per heavy atom. The van der Waals surface area contributed by atoms with Crippen molar-refractivity contribution in [1.29, 1.82) is 0 Å². The second-order valence-corrected chi connectivity index (χ2v) is 17.6. The molecule has 14 aromatic rings. The summed E-state index contributed by atoms with van der Waals surface area (Å²) in [6.45, 7) is 0. The summed E-state index contributed by atoms with van der Waals surface area (Å²) in [6, 6.07) is 86.2. The first kappa shape index (κ1) is 38.8. The van der Waals surface area contributed by atoms with Crippen molar-refractivity contribution in [1.82, 2.24) is 28.7 Å². The highest BCUT2D eigenvalue weighted by molar-refractivity contribution is 6.27. The van der Waals surface area contributed by atoms with Gasteiger partial charge in [0.2, 0.25) is 5.95 Å². The van der Waals surface area contributed by atoms with E-state index in [0.29, 0.717) is 17.6 Å². The number of para-hydroxylation sites is 5. The molecule has 0 atom stereocenters. The third-order valence-corrected chi connectivity index (χ3v) is 13.7. The zero-order chi connectivity index (χ0) is 45.4. The van der Waals surface area contributed by atoms with Gasteiger partial charge in [-0.2, -0.15) is 9.97 Å². The molecule has 4 heterocycles. The lowest BCUT2D eigenvalue weighted by Gasteiger charge is -2.16. The monoisotopic (exact) mass is 880 g/mol. The van der Waals surface area contributed by atoms with Gasteiger partial charge in [0, 0.05) is 49.1 Å². The molecule has 0 saturated heterocycles. The van der Waals surface area contributed by atoms with Gasteiger partial charge in [-0.05, 0) is 70.8 Å². The van der Waals surface area contributed by atoms with Crippen LogP contribution in [0, 0.1) is 0 Å². The molecule has 0 unspecified atom stereocenters. The van der Waals surface area contributed by atoms with Crippen molar-refractivity contribution in [3.63, 3.8) is 0 Å². The van der Waals surface area contributed by atoms with Crippen molar-refractivity contribution >= 4 is 65.4 Å². The van der Waals surface area contributed by atoms with Crippen molar-refractivity contribution in [3.8, 4) is 62.4 Å². The van der Waals surface area contributed by atoms with Gasteiger partial charge in [0.15, 0.2) is 11.6 Å². The van der Waals surface area contributed by atoms with E-state index in [2.05, 4.69) is 238 Å². The maximum Gasteiger partial charge on any atom is 0.238 e. The van der Waals surface area contributed by atoms with Gasteiger partial charge < -0.3 is 9.13 Å². The Hall–Kier alpha value is -9.39. The molecule has 14 rings (SSSR count). The summed E-state index contributed by atoms with van der Waals surface area (Å²) in [7, 11) is 0. The molecule has 6 nitrogen and oxygen atoms in total. The van der Waals surface area contributed by atoms with Crippen LogP contribution in [0.5, 0.6) is 0 Å². The van der Waals surface area contributed by atoms with Gasteiger partial charge in [0.25, 0.3) is 0 Å². The van der Waals surface area contributed by atoms with Gasteiger partial charge in [-0.3, -0.25) is 4.57 Å². The summed E-state index contributed by atoms with van der Waals surface area (Å²) in [5.41, 5.74) is 15.1. The first-order valence-corrected chi connectivity index (χ1v) is 23.4. The summed E-state index contributed by atoms with van der Waals surface area (Å²) >= 11 is 0. The molecule has 6 heteroatoms. The van der Waals surface area contributed by atoms with E-state index in [9.17, 15) is 0 Å². The summed E-state index contributed by atoms with van der Waals surface area (Å²) in [6.07, 6.45) is 0. The maximum atomic E-state index is 5.50. The van der Waals surface area contributed by atoms with Gasteiger partial charge in [0.1, 0.15) is 0 Å². The van der Waals surface area contributed by atoms with E-state index in [1.807, 2.05) is 18.2 Å². The van der Waals surface area contributed by atoms with Gasteiger partial charge in [0.05, 0.1) is 38.8 Å². The normalized spacial score (nSPS) is 11.8. The van der Waals surface area contributed by atoms with Crippen LogP contribution in [0.2, 0.25) is 0 Å². The van der Waals surface area contributed by atoms with Crippen LogP contribution in [-0.2, 0) is 0 Å². The summed E-state index contributed by atoms with van der Waals surface area (Å²) in [4.78, 5) is 16.2. The van der Waals surface area contributed by atoms with Crippen molar-refractivity contribution in [3.05, 3.63) is 243 Å². The van der Waals surface area contributed by atoms with Crippen molar-refractivity contribution in [2.75, 3.05) is 0 Å². The molecular weight excluding hydrogens is 841 g/mol. The smallest absolute Gasteiger partial charge is 0.238 e. The Bertz CT molecular complexity index is 4230. The van der Waals surface area contributed by atoms with Gasteiger partial charge in [-0.15, -0.1) is 0 Å². The number of hydrogen-bond acceptors (Lipinski definition) is 3. The minimum atomic E-state index is 0.540. The number of aromatic nitrogens is 6. The Balaban J connectivity index is 1.09. The number of rotatable bonds is 7. The SMILES string of the molecule is c1ccc(-c2ccc(-c3cccc(-c4nc(-c5ccccc5)nc(-n5c6ccccc6c6cc(-n7c8ccccc8c8ccccc87)c7c8ccccc8n(-c8ccccc8)c7c65)n4)c3)cc2)cc1. The second kappa shape index (κ2) is 15.6. The maximum absolute atomic E-state index is 5.50. The third kappa shape index (κ3) is 6.16. The molecule has 4 aromatic heterocycles. The molecule has 0 spiro atoms. The lowest BCUT2D eigenvalue weighted by atomic mass is 9.99. The fourth-order valence-electron chi connectivity index (χ4n) is 10.6. The summed E-state index contributed by atoms with van der Waals surface area (Å²) < 4.78 is 7.19. The average molecular weight is 881 g/mol. The minimum absolute atomic E-state index is 0.540. The number of nitrogens with zero attached hydrogens (tertiary/aromatic N) is 6. The van der Waals surface area contributed by atoms with Crippen LogP contribution in [0.25, 0.3) is 128 Å². The molecule has 0 aliphatic heterocycles. The fourth-order valence-corrected chi connectivity index (χ4v) is 10.6. The van der Waals surface area contributed by atoms with E-state index < -0.39 is 0 Å². The van der Waals surface area contributed by atoms with Crippen LogP contribution in [0.3, 0.4) is 0 Å². The first-order valence-electron chi connectivity index (χ1n) is 23.4. The largest absolute Gasteiger partial charge is 0.309 e. The second-order valence-electron chi connectivity index (χ2n) is 17.6. The zero-order valence-corrected chi connectivity index (χ0v) is 37.3. The zero-order valence-electron chi connectivity index (χ0n) is 37.3. The standard InChI is InChI=1S/C63H40N6/c1-4-19-41(20-5-1)42-35-37-43(38-36-42)45-23-18-24-46(39-45)62-64-61(44-21-6-2-7-22-44)65-63(66-62)69-55-33-16-12-29-50(55)52-40-57(68-53-31-14-10-27-48(53)49-28-11-15-32-54(49)68)58-51-30-13-17-34-56(51)67(60(58)59(52)69)47-25-8-3-9-26-47/h1-40H. The predicted octanol–water partition coefficient (Wildman–Crippen LogP) is 15.8. The van der Waals surface area contributed by atoms with Crippen LogP contribution in [0.15, 0.2) is 243 Å². The predicted molar refractivity (Wildman–Crippen MR) is 285 cm³/mol. The molecule has 0 saturated carbocycles. The Morgan fingerprint density at radius 2 is 0.696 bits per heavy atom. The van der Waals surface area contributed by atoms with Crippen LogP contribution >= 0.6 is 0 Å². The highest BCUT2D eigenvalue weighted by Gasteiger charge is 2.27. The topological polar surface area (TPSA) is 53.5 Å². The molecule has 0 N–H and O–H groups in total. The highest BCUT2D eigenvalue weighted by atomic mass is 15.2.